The van der Waals surface area contributed by atoms with Crippen molar-refractivity contribution >= 4 is 6.09 Å². The second-order valence-electron chi connectivity index (χ2n) is 6.77. The molecule has 0 bridgehead atoms. The lowest BCUT2D eigenvalue weighted by Gasteiger charge is -2.29. The van der Waals surface area contributed by atoms with E-state index in [0.29, 0.717) is 12.1 Å². The van der Waals surface area contributed by atoms with E-state index in [4.69, 9.17) is 9.47 Å². The van der Waals surface area contributed by atoms with Gasteiger partial charge in [0.2, 0.25) is 0 Å². The molecule has 1 rings (SSSR count). The van der Waals surface area contributed by atoms with E-state index in [9.17, 15) is 4.79 Å². The van der Waals surface area contributed by atoms with Gasteiger partial charge in [-0.15, -0.1) is 0 Å². The van der Waals surface area contributed by atoms with Crippen molar-refractivity contribution in [2.45, 2.75) is 71.6 Å². The number of rotatable bonds is 7. The Bertz CT molecular complexity index is 315. The lowest BCUT2D eigenvalue weighted by molar-refractivity contribution is 0.0219. The topological polar surface area (TPSA) is 50.8 Å². The maximum Gasteiger partial charge on any atom is 0.410 e. The van der Waals surface area contributed by atoms with E-state index in [1.165, 1.54) is 0 Å². The molecule has 2 unspecified atom stereocenters. The highest BCUT2D eigenvalue weighted by molar-refractivity contribution is 5.68. The third-order valence-electron chi connectivity index (χ3n) is 3.55. The zero-order valence-electron chi connectivity index (χ0n) is 14.3. The predicted octanol–water partition coefficient (Wildman–Crippen LogP) is 2.79. The van der Waals surface area contributed by atoms with Crippen LogP contribution in [0, 0.1) is 0 Å². The first kappa shape index (κ1) is 18.2. The third kappa shape index (κ3) is 7.14. The summed E-state index contributed by atoms with van der Waals surface area (Å²) in [4.78, 5) is 14.1. The number of likely N-dealkylation sites (tertiary alicyclic amines) is 1. The molecule has 1 fully saturated rings. The lowest BCUT2D eigenvalue weighted by Crippen LogP contribution is -2.41. The monoisotopic (exact) mass is 300 g/mol. The predicted molar refractivity (Wildman–Crippen MR) is 84.5 cm³/mol. The van der Waals surface area contributed by atoms with E-state index < -0.39 is 5.60 Å². The fourth-order valence-corrected chi connectivity index (χ4v) is 2.55. The van der Waals surface area contributed by atoms with Gasteiger partial charge in [-0.3, -0.25) is 0 Å². The van der Waals surface area contributed by atoms with Crippen LogP contribution in [0.4, 0.5) is 4.79 Å². The van der Waals surface area contributed by atoms with Crippen LogP contribution in [0.2, 0.25) is 0 Å². The molecule has 0 radical (unpaired) electrons. The number of carbonyl (C=O) groups is 1. The highest BCUT2D eigenvalue weighted by Crippen LogP contribution is 2.22. The number of amides is 1. The van der Waals surface area contributed by atoms with Crippen molar-refractivity contribution in [1.29, 1.82) is 0 Å². The third-order valence-corrected chi connectivity index (χ3v) is 3.55. The quantitative estimate of drug-likeness (QED) is 0.785. The van der Waals surface area contributed by atoms with Gasteiger partial charge in [0, 0.05) is 25.2 Å². The molecule has 5 heteroatoms. The van der Waals surface area contributed by atoms with E-state index in [2.05, 4.69) is 12.2 Å². The van der Waals surface area contributed by atoms with Crippen LogP contribution in [0.3, 0.4) is 0 Å². The van der Waals surface area contributed by atoms with Crippen LogP contribution in [0.5, 0.6) is 0 Å². The van der Waals surface area contributed by atoms with Gasteiger partial charge in [-0.1, -0.05) is 0 Å². The Balaban J connectivity index is 2.32. The van der Waals surface area contributed by atoms with E-state index in [1.807, 2.05) is 32.6 Å². The van der Waals surface area contributed by atoms with Crippen LogP contribution in [0.15, 0.2) is 0 Å². The Kier molecular flexibility index (Phi) is 7.46. The Morgan fingerprint density at radius 1 is 1.43 bits per heavy atom. The number of nitrogens with zero attached hydrogens (tertiary/aromatic N) is 1. The molecule has 1 N–H and O–H groups in total. The molecule has 1 heterocycles. The minimum atomic E-state index is -0.422. The summed E-state index contributed by atoms with van der Waals surface area (Å²) in [6.07, 6.45) is 2.93. The molecule has 5 nitrogen and oxygen atoms in total. The summed E-state index contributed by atoms with van der Waals surface area (Å²) in [6, 6.07) is 0.646. The second kappa shape index (κ2) is 8.59. The van der Waals surface area contributed by atoms with Gasteiger partial charge in [0.05, 0.1) is 6.61 Å². The molecule has 0 aromatic heterocycles. The molecule has 0 aromatic carbocycles. The zero-order chi connectivity index (χ0) is 15.9. The molecule has 2 atom stereocenters. The summed E-state index contributed by atoms with van der Waals surface area (Å²) in [7, 11) is 0. The maximum absolute atomic E-state index is 12.2. The van der Waals surface area contributed by atoms with Crippen molar-refractivity contribution in [2.24, 2.45) is 0 Å². The van der Waals surface area contributed by atoms with Gasteiger partial charge in [-0.05, 0) is 60.4 Å². The van der Waals surface area contributed by atoms with E-state index in [1.54, 1.807) is 0 Å². The van der Waals surface area contributed by atoms with E-state index in [0.717, 1.165) is 45.6 Å². The van der Waals surface area contributed by atoms with Gasteiger partial charge >= 0.3 is 6.09 Å². The minimum Gasteiger partial charge on any atom is -0.444 e. The van der Waals surface area contributed by atoms with Crippen molar-refractivity contribution in [3.05, 3.63) is 0 Å². The molecular weight excluding hydrogens is 268 g/mol. The van der Waals surface area contributed by atoms with Crippen molar-refractivity contribution in [3.63, 3.8) is 0 Å². The molecular formula is C16H32N2O3. The number of hydrogen-bond donors (Lipinski definition) is 1. The molecule has 1 saturated heterocycles. The molecule has 1 amide bonds. The molecule has 0 aliphatic carbocycles. The summed E-state index contributed by atoms with van der Waals surface area (Å²) in [6.45, 7) is 13.1. The smallest absolute Gasteiger partial charge is 0.410 e. The molecule has 21 heavy (non-hydrogen) atoms. The molecule has 124 valence electrons. The summed E-state index contributed by atoms with van der Waals surface area (Å²) < 4.78 is 10.9. The van der Waals surface area contributed by atoms with Crippen LogP contribution in [0.1, 0.15) is 53.9 Å². The molecule has 1 aliphatic rings. The average Bonchev–Trinajstić information content (AvgIpc) is 2.82. The van der Waals surface area contributed by atoms with Gasteiger partial charge in [-0.25, -0.2) is 4.79 Å². The van der Waals surface area contributed by atoms with Crippen LogP contribution in [-0.4, -0.2) is 55.0 Å². The molecule has 0 saturated carbocycles. The molecule has 0 spiro atoms. The first-order valence-electron chi connectivity index (χ1n) is 8.14. The highest BCUT2D eigenvalue weighted by Gasteiger charge is 2.31. The Hall–Kier alpha value is -0.810. The summed E-state index contributed by atoms with van der Waals surface area (Å²) in [5, 5.41) is 3.45. The minimum absolute atomic E-state index is 0.174. The zero-order valence-corrected chi connectivity index (χ0v) is 14.3. The first-order chi connectivity index (χ1) is 9.83. The van der Waals surface area contributed by atoms with Gasteiger partial charge in [-0.2, -0.15) is 0 Å². The number of carbonyl (C=O) groups excluding carboxylic acids is 1. The van der Waals surface area contributed by atoms with Crippen LogP contribution in [-0.2, 0) is 9.47 Å². The second-order valence-corrected chi connectivity index (χ2v) is 6.77. The number of ether oxygens (including phenoxy) is 2. The normalized spacial score (nSPS) is 20.6. The van der Waals surface area contributed by atoms with Crippen LogP contribution >= 0.6 is 0 Å². The maximum atomic E-state index is 12.2. The Labute approximate surface area is 129 Å². The van der Waals surface area contributed by atoms with Crippen molar-refractivity contribution < 1.29 is 14.3 Å². The molecule has 0 aromatic rings. The van der Waals surface area contributed by atoms with Crippen molar-refractivity contribution in [3.8, 4) is 0 Å². The Morgan fingerprint density at radius 3 is 2.76 bits per heavy atom. The SMILES string of the molecule is CCOCC(C)NCCC1CCCN1C(=O)OC(C)(C)C. The van der Waals surface area contributed by atoms with Crippen molar-refractivity contribution in [2.75, 3.05) is 26.3 Å². The summed E-state index contributed by atoms with van der Waals surface area (Å²) in [5.41, 5.74) is -0.422. The summed E-state index contributed by atoms with van der Waals surface area (Å²) >= 11 is 0. The first-order valence-corrected chi connectivity index (χ1v) is 8.14. The fraction of sp³-hybridized carbons (Fsp3) is 0.938. The van der Waals surface area contributed by atoms with Gasteiger partial charge < -0.3 is 19.7 Å². The van der Waals surface area contributed by atoms with Gasteiger partial charge in [0.1, 0.15) is 5.60 Å². The van der Waals surface area contributed by atoms with Crippen molar-refractivity contribution in [1.82, 2.24) is 10.2 Å². The fourth-order valence-electron chi connectivity index (χ4n) is 2.55. The number of hydrogen-bond acceptors (Lipinski definition) is 4. The van der Waals surface area contributed by atoms with Crippen LogP contribution < -0.4 is 5.32 Å². The highest BCUT2D eigenvalue weighted by atomic mass is 16.6. The average molecular weight is 300 g/mol. The summed E-state index contributed by atoms with van der Waals surface area (Å²) in [5.74, 6) is 0. The van der Waals surface area contributed by atoms with Crippen LogP contribution in [0.25, 0.3) is 0 Å². The molecule has 1 aliphatic heterocycles. The van der Waals surface area contributed by atoms with Gasteiger partial charge in [0.25, 0.3) is 0 Å². The number of nitrogens with one attached hydrogen (secondary N) is 1. The van der Waals surface area contributed by atoms with E-state index >= 15 is 0 Å². The lowest BCUT2D eigenvalue weighted by atomic mass is 10.1. The van der Waals surface area contributed by atoms with E-state index in [-0.39, 0.29) is 6.09 Å². The Morgan fingerprint density at radius 2 is 2.14 bits per heavy atom. The standard InChI is InChI=1S/C16H32N2O3/c1-6-20-12-13(2)17-10-9-14-8-7-11-18(14)15(19)21-16(3,4)5/h13-14,17H,6-12H2,1-5H3. The largest absolute Gasteiger partial charge is 0.444 e. The van der Waals surface area contributed by atoms with Gasteiger partial charge in [0.15, 0.2) is 0 Å².